The summed E-state index contributed by atoms with van der Waals surface area (Å²) in [7, 11) is -3.74. The number of halogens is 1. The first kappa shape index (κ1) is 14.9. The van der Waals surface area contributed by atoms with E-state index in [4.69, 9.17) is 0 Å². The van der Waals surface area contributed by atoms with Crippen molar-refractivity contribution in [2.75, 3.05) is 4.72 Å². The largest absolute Gasteiger partial charge is 0.278 e. The molecule has 0 saturated carbocycles. The molecule has 9 heteroatoms. The number of benzene rings is 1. The number of nitro groups is 1. The molecule has 2 aromatic rings. The summed E-state index contributed by atoms with van der Waals surface area (Å²) in [6, 6.07) is 7.34. The third kappa shape index (κ3) is 3.00. The van der Waals surface area contributed by atoms with E-state index in [1.807, 2.05) is 0 Å². The molecule has 20 heavy (non-hydrogen) atoms. The van der Waals surface area contributed by atoms with Crippen LogP contribution in [0.1, 0.15) is 5.56 Å². The number of rotatable bonds is 4. The van der Waals surface area contributed by atoms with Crippen molar-refractivity contribution in [3.05, 3.63) is 49.8 Å². The number of nitro benzene ring substituents is 1. The highest BCUT2D eigenvalue weighted by Gasteiger charge is 2.20. The van der Waals surface area contributed by atoms with Gasteiger partial charge in [-0.05, 0) is 41.1 Å². The van der Waals surface area contributed by atoms with Crippen LogP contribution in [-0.4, -0.2) is 13.3 Å². The standard InChI is InChI=1S/C11H9BrN2O4S2/c1-7-8(3-2-4-9(7)14(15)16)13-20(17,18)11-6-5-10(12)19-11/h2-6,13H,1H3. The minimum absolute atomic E-state index is 0.127. The van der Waals surface area contributed by atoms with Crippen molar-refractivity contribution in [3.63, 3.8) is 0 Å². The normalized spacial score (nSPS) is 11.3. The van der Waals surface area contributed by atoms with Gasteiger partial charge in [-0.2, -0.15) is 0 Å². The second kappa shape index (κ2) is 5.51. The third-order valence-electron chi connectivity index (χ3n) is 2.56. The summed E-state index contributed by atoms with van der Waals surface area (Å²) in [5.41, 5.74) is 0.345. The van der Waals surface area contributed by atoms with Gasteiger partial charge in [-0.3, -0.25) is 14.8 Å². The van der Waals surface area contributed by atoms with Crippen molar-refractivity contribution < 1.29 is 13.3 Å². The van der Waals surface area contributed by atoms with Gasteiger partial charge >= 0.3 is 0 Å². The highest BCUT2D eigenvalue weighted by atomic mass is 79.9. The van der Waals surface area contributed by atoms with Crippen molar-refractivity contribution in [2.45, 2.75) is 11.1 Å². The molecule has 0 aliphatic rings. The molecule has 6 nitrogen and oxygen atoms in total. The summed E-state index contributed by atoms with van der Waals surface area (Å²) in [5, 5.41) is 10.8. The van der Waals surface area contributed by atoms with E-state index in [0.717, 1.165) is 11.3 Å². The van der Waals surface area contributed by atoms with Crippen molar-refractivity contribution in [1.82, 2.24) is 0 Å². The first-order chi connectivity index (χ1) is 9.31. The molecule has 0 saturated heterocycles. The molecule has 106 valence electrons. The number of sulfonamides is 1. The first-order valence-corrected chi connectivity index (χ1v) is 8.42. The quantitative estimate of drug-likeness (QED) is 0.652. The summed E-state index contributed by atoms with van der Waals surface area (Å²) in [4.78, 5) is 10.3. The van der Waals surface area contributed by atoms with E-state index in [-0.39, 0.29) is 21.1 Å². The van der Waals surface area contributed by atoms with Crippen LogP contribution >= 0.6 is 27.3 Å². The van der Waals surface area contributed by atoms with E-state index in [1.54, 1.807) is 6.07 Å². The van der Waals surface area contributed by atoms with Gasteiger partial charge in [0.05, 0.1) is 20.0 Å². The van der Waals surface area contributed by atoms with E-state index in [9.17, 15) is 18.5 Å². The zero-order valence-corrected chi connectivity index (χ0v) is 13.4. The van der Waals surface area contributed by atoms with Crippen LogP contribution in [0.25, 0.3) is 0 Å². The van der Waals surface area contributed by atoms with Crippen LogP contribution in [0.4, 0.5) is 11.4 Å². The molecule has 1 N–H and O–H groups in total. The number of nitrogens with zero attached hydrogens (tertiary/aromatic N) is 1. The van der Waals surface area contributed by atoms with E-state index in [2.05, 4.69) is 20.7 Å². The van der Waals surface area contributed by atoms with Crippen molar-refractivity contribution >= 4 is 48.7 Å². The van der Waals surface area contributed by atoms with Crippen LogP contribution in [0.5, 0.6) is 0 Å². The van der Waals surface area contributed by atoms with Gasteiger partial charge in [0.2, 0.25) is 0 Å². The SMILES string of the molecule is Cc1c(NS(=O)(=O)c2ccc(Br)s2)cccc1[N+](=O)[O-]. The van der Waals surface area contributed by atoms with Crippen LogP contribution in [-0.2, 0) is 10.0 Å². The molecule has 0 amide bonds. The van der Waals surface area contributed by atoms with Gasteiger partial charge in [-0.1, -0.05) is 6.07 Å². The number of nitrogens with one attached hydrogen (secondary N) is 1. The number of hydrogen-bond acceptors (Lipinski definition) is 5. The molecule has 0 bridgehead atoms. The second-order valence-corrected chi connectivity index (χ2v) is 8.24. The van der Waals surface area contributed by atoms with Crippen LogP contribution in [0.15, 0.2) is 38.3 Å². The topological polar surface area (TPSA) is 89.3 Å². The Hall–Kier alpha value is -1.45. The molecule has 0 aliphatic carbocycles. The third-order valence-corrected chi connectivity index (χ3v) is 6.04. The molecule has 0 spiro atoms. The Morgan fingerprint density at radius 3 is 2.55 bits per heavy atom. The highest BCUT2D eigenvalue weighted by Crippen LogP contribution is 2.30. The Labute approximate surface area is 127 Å². The first-order valence-electron chi connectivity index (χ1n) is 5.33. The zero-order chi connectivity index (χ0) is 14.9. The number of thiophene rings is 1. The molecule has 1 aromatic carbocycles. The maximum Gasteiger partial charge on any atom is 0.274 e. The number of hydrogen-bond donors (Lipinski definition) is 1. The Bertz CT molecular complexity index is 770. The average Bonchev–Trinajstić information content (AvgIpc) is 2.79. The fourth-order valence-electron chi connectivity index (χ4n) is 1.57. The summed E-state index contributed by atoms with van der Waals surface area (Å²) in [5.74, 6) is 0. The summed E-state index contributed by atoms with van der Waals surface area (Å²) < 4.78 is 27.5. The Balaban J connectivity index is 2.40. The zero-order valence-electron chi connectivity index (χ0n) is 10.2. The van der Waals surface area contributed by atoms with Gasteiger partial charge in [-0.25, -0.2) is 8.42 Å². The summed E-state index contributed by atoms with van der Waals surface area (Å²) >= 11 is 4.25. The van der Waals surface area contributed by atoms with E-state index < -0.39 is 14.9 Å². The van der Waals surface area contributed by atoms with Crippen LogP contribution in [0, 0.1) is 17.0 Å². The lowest BCUT2D eigenvalue weighted by atomic mass is 10.2. The molecule has 0 radical (unpaired) electrons. The fourth-order valence-corrected chi connectivity index (χ4v) is 4.70. The lowest BCUT2D eigenvalue weighted by Gasteiger charge is -2.09. The van der Waals surface area contributed by atoms with Crippen LogP contribution < -0.4 is 4.72 Å². The molecule has 1 heterocycles. The lowest BCUT2D eigenvalue weighted by Crippen LogP contribution is -2.12. The summed E-state index contributed by atoms with van der Waals surface area (Å²) in [6.45, 7) is 1.50. The predicted octanol–water partition coefficient (Wildman–Crippen LogP) is 3.53. The van der Waals surface area contributed by atoms with E-state index in [1.165, 1.54) is 31.2 Å². The van der Waals surface area contributed by atoms with Gasteiger partial charge < -0.3 is 0 Å². The maximum absolute atomic E-state index is 12.2. The Kier molecular flexibility index (Phi) is 4.11. The Morgan fingerprint density at radius 2 is 2.00 bits per heavy atom. The Morgan fingerprint density at radius 1 is 1.30 bits per heavy atom. The highest BCUT2D eigenvalue weighted by molar-refractivity contribution is 9.11. The van der Waals surface area contributed by atoms with Crippen LogP contribution in [0.2, 0.25) is 0 Å². The predicted molar refractivity (Wildman–Crippen MR) is 80.7 cm³/mol. The van der Waals surface area contributed by atoms with Gasteiger partial charge in [0.1, 0.15) is 4.21 Å². The molecular formula is C11H9BrN2O4S2. The molecule has 0 unspecified atom stereocenters. The van der Waals surface area contributed by atoms with E-state index in [0.29, 0.717) is 3.79 Å². The molecule has 0 fully saturated rings. The fraction of sp³-hybridized carbons (Fsp3) is 0.0909. The van der Waals surface area contributed by atoms with Crippen molar-refractivity contribution in [3.8, 4) is 0 Å². The lowest BCUT2D eigenvalue weighted by molar-refractivity contribution is -0.385. The molecule has 1 aromatic heterocycles. The van der Waals surface area contributed by atoms with Crippen molar-refractivity contribution in [1.29, 1.82) is 0 Å². The molecule has 2 rings (SSSR count). The van der Waals surface area contributed by atoms with Gasteiger partial charge in [0.25, 0.3) is 15.7 Å². The second-order valence-electron chi connectivity index (χ2n) is 3.87. The van der Waals surface area contributed by atoms with Crippen LogP contribution in [0.3, 0.4) is 0 Å². The number of anilines is 1. The van der Waals surface area contributed by atoms with Gasteiger partial charge in [-0.15, -0.1) is 11.3 Å². The van der Waals surface area contributed by atoms with Crippen molar-refractivity contribution in [2.24, 2.45) is 0 Å². The van der Waals surface area contributed by atoms with Gasteiger partial charge in [0, 0.05) is 6.07 Å². The summed E-state index contributed by atoms with van der Waals surface area (Å²) in [6.07, 6.45) is 0. The smallest absolute Gasteiger partial charge is 0.274 e. The monoisotopic (exact) mass is 376 g/mol. The van der Waals surface area contributed by atoms with E-state index >= 15 is 0 Å². The average molecular weight is 377 g/mol. The minimum Gasteiger partial charge on any atom is -0.278 e. The minimum atomic E-state index is -3.74. The maximum atomic E-state index is 12.2. The molecular weight excluding hydrogens is 368 g/mol. The molecule has 0 atom stereocenters. The molecule has 0 aliphatic heterocycles. The van der Waals surface area contributed by atoms with Gasteiger partial charge in [0.15, 0.2) is 0 Å².